The highest BCUT2D eigenvalue weighted by Crippen LogP contribution is 2.08. The Hall–Kier alpha value is -1.74. The van der Waals surface area contributed by atoms with Crippen molar-refractivity contribution in [2.75, 3.05) is 0 Å². The van der Waals surface area contributed by atoms with Crippen LogP contribution in [0, 0.1) is 11.3 Å². The molecule has 0 saturated carbocycles. The third-order valence-corrected chi connectivity index (χ3v) is 1.98. The summed E-state index contributed by atoms with van der Waals surface area (Å²) in [4.78, 5) is 0. The van der Waals surface area contributed by atoms with E-state index in [1.807, 2.05) is 6.07 Å². The normalized spacial score (nSPS) is 9.71. The average Bonchev–Trinajstić information content (AvgIpc) is 2.65. The second-order valence-electron chi connectivity index (χ2n) is 2.47. The third kappa shape index (κ3) is 1.63. The molecule has 0 aliphatic carbocycles. The van der Waals surface area contributed by atoms with Gasteiger partial charge in [-0.15, -0.1) is 10.2 Å². The lowest BCUT2D eigenvalue weighted by Gasteiger charge is -1.96. The highest BCUT2D eigenvalue weighted by molar-refractivity contribution is 9.10. The number of nitrogens with zero attached hydrogens (tertiary/aromatic N) is 5. The van der Waals surface area contributed by atoms with Gasteiger partial charge >= 0.3 is 0 Å². The van der Waals surface area contributed by atoms with Gasteiger partial charge in [-0.2, -0.15) is 10.4 Å². The molecular weight excluding hydrogens is 246 g/mol. The summed E-state index contributed by atoms with van der Waals surface area (Å²) in [6, 6.07) is 6.97. The Morgan fingerprint density at radius 2 is 2.14 bits per heavy atom. The zero-order valence-corrected chi connectivity index (χ0v) is 8.51. The van der Waals surface area contributed by atoms with Crippen molar-refractivity contribution in [2.24, 2.45) is 0 Å². The van der Waals surface area contributed by atoms with Crippen molar-refractivity contribution < 1.29 is 0 Å². The largest absolute Gasteiger partial charge is 0.220 e. The number of rotatable bonds is 1. The maximum atomic E-state index is 8.52. The van der Waals surface area contributed by atoms with E-state index < -0.39 is 0 Å². The summed E-state index contributed by atoms with van der Waals surface area (Å²) in [6.07, 6.45) is 1.75. The predicted molar refractivity (Wildman–Crippen MR) is 51.6 cm³/mol. The first-order chi connectivity index (χ1) is 6.79. The fraction of sp³-hybridized carbons (Fsp3) is 0. The Morgan fingerprint density at radius 3 is 2.64 bits per heavy atom. The first kappa shape index (κ1) is 8.84. The van der Waals surface area contributed by atoms with Crippen LogP contribution < -0.4 is 0 Å². The minimum atomic E-state index is 0.292. The van der Waals surface area contributed by atoms with Crippen molar-refractivity contribution in [1.82, 2.24) is 20.0 Å². The molecule has 0 saturated heterocycles. The second-order valence-corrected chi connectivity index (χ2v) is 3.28. The fourth-order valence-electron chi connectivity index (χ4n) is 0.936. The number of halogens is 1. The standard InChI is InChI=1S/C8H4BrN5/c9-7-3-4-14(13-7)8-2-1-6(5-10)11-12-8/h1-4H. The van der Waals surface area contributed by atoms with Gasteiger partial charge in [-0.25, -0.2) is 4.68 Å². The van der Waals surface area contributed by atoms with Gasteiger partial charge in [-0.05, 0) is 34.1 Å². The van der Waals surface area contributed by atoms with Gasteiger partial charge in [-0.1, -0.05) is 0 Å². The summed E-state index contributed by atoms with van der Waals surface area (Å²) in [7, 11) is 0. The molecule has 2 aromatic heterocycles. The molecule has 6 heteroatoms. The first-order valence-electron chi connectivity index (χ1n) is 3.75. The summed E-state index contributed by atoms with van der Waals surface area (Å²) in [6.45, 7) is 0. The van der Waals surface area contributed by atoms with Crippen LogP contribution in [0.4, 0.5) is 0 Å². The van der Waals surface area contributed by atoms with Crippen molar-refractivity contribution >= 4 is 15.9 Å². The quantitative estimate of drug-likeness (QED) is 0.764. The van der Waals surface area contributed by atoms with E-state index in [4.69, 9.17) is 5.26 Å². The lowest BCUT2D eigenvalue weighted by Crippen LogP contribution is -2.00. The van der Waals surface area contributed by atoms with Crippen LogP contribution in [0.1, 0.15) is 5.69 Å². The van der Waals surface area contributed by atoms with Gasteiger partial charge in [0.25, 0.3) is 0 Å². The van der Waals surface area contributed by atoms with Crippen LogP contribution in [0.5, 0.6) is 0 Å². The zero-order chi connectivity index (χ0) is 9.97. The van der Waals surface area contributed by atoms with Crippen LogP contribution in [0.3, 0.4) is 0 Å². The molecule has 68 valence electrons. The molecule has 0 amide bonds. The van der Waals surface area contributed by atoms with E-state index in [9.17, 15) is 0 Å². The van der Waals surface area contributed by atoms with Crippen LogP contribution in [-0.4, -0.2) is 20.0 Å². The smallest absolute Gasteiger partial charge is 0.175 e. The van der Waals surface area contributed by atoms with E-state index in [0.29, 0.717) is 11.5 Å². The van der Waals surface area contributed by atoms with Crippen molar-refractivity contribution in [3.05, 3.63) is 34.7 Å². The maximum absolute atomic E-state index is 8.52. The zero-order valence-electron chi connectivity index (χ0n) is 6.92. The summed E-state index contributed by atoms with van der Waals surface area (Å²) in [5.74, 6) is 0.578. The van der Waals surface area contributed by atoms with Gasteiger partial charge in [0, 0.05) is 6.20 Å². The molecule has 2 heterocycles. The fourth-order valence-corrected chi connectivity index (χ4v) is 1.23. The van der Waals surface area contributed by atoms with Gasteiger partial charge < -0.3 is 0 Å². The van der Waals surface area contributed by atoms with Crippen LogP contribution in [0.25, 0.3) is 5.82 Å². The highest BCUT2D eigenvalue weighted by atomic mass is 79.9. The topological polar surface area (TPSA) is 67.4 Å². The molecule has 0 aromatic carbocycles. The van der Waals surface area contributed by atoms with Gasteiger partial charge in [0.2, 0.25) is 0 Å². The maximum Gasteiger partial charge on any atom is 0.175 e. The monoisotopic (exact) mass is 249 g/mol. The average molecular weight is 250 g/mol. The molecule has 0 aliphatic heterocycles. The molecular formula is C8H4BrN5. The molecule has 0 N–H and O–H groups in total. The number of nitriles is 1. The molecule has 2 rings (SSSR count). The third-order valence-electron chi connectivity index (χ3n) is 1.56. The van der Waals surface area contributed by atoms with Gasteiger partial charge in [0.05, 0.1) is 0 Å². The van der Waals surface area contributed by atoms with Crippen LogP contribution in [-0.2, 0) is 0 Å². The van der Waals surface area contributed by atoms with E-state index in [1.54, 1.807) is 29.1 Å². The van der Waals surface area contributed by atoms with E-state index in [2.05, 4.69) is 31.2 Å². The van der Waals surface area contributed by atoms with Crippen molar-refractivity contribution in [3.8, 4) is 11.9 Å². The van der Waals surface area contributed by atoms with Crippen LogP contribution >= 0.6 is 15.9 Å². The van der Waals surface area contributed by atoms with Crippen LogP contribution in [0.2, 0.25) is 0 Å². The minimum absolute atomic E-state index is 0.292. The Morgan fingerprint density at radius 1 is 1.29 bits per heavy atom. The molecule has 0 spiro atoms. The first-order valence-corrected chi connectivity index (χ1v) is 4.54. The summed E-state index contributed by atoms with van der Waals surface area (Å²) in [5, 5.41) is 20.1. The van der Waals surface area contributed by atoms with E-state index in [1.165, 1.54) is 0 Å². The molecule has 14 heavy (non-hydrogen) atoms. The van der Waals surface area contributed by atoms with Gasteiger partial charge in [0.15, 0.2) is 11.5 Å². The summed E-state index contributed by atoms with van der Waals surface area (Å²) < 4.78 is 2.29. The van der Waals surface area contributed by atoms with Crippen molar-refractivity contribution in [3.63, 3.8) is 0 Å². The Bertz CT molecular complexity index is 481. The molecule has 0 atom stereocenters. The lowest BCUT2D eigenvalue weighted by molar-refractivity contribution is 0.805. The van der Waals surface area contributed by atoms with E-state index in [0.717, 1.165) is 4.60 Å². The SMILES string of the molecule is N#Cc1ccc(-n2ccc(Br)n2)nn1. The van der Waals surface area contributed by atoms with Crippen molar-refractivity contribution in [1.29, 1.82) is 5.26 Å². The molecule has 0 bridgehead atoms. The second kappa shape index (κ2) is 3.55. The minimum Gasteiger partial charge on any atom is -0.220 e. The van der Waals surface area contributed by atoms with Gasteiger partial charge in [0.1, 0.15) is 10.7 Å². The lowest BCUT2D eigenvalue weighted by atomic mass is 10.4. The Kier molecular flexibility index (Phi) is 2.24. The summed E-state index contributed by atoms with van der Waals surface area (Å²) in [5.41, 5.74) is 0.292. The molecule has 2 aromatic rings. The van der Waals surface area contributed by atoms with Crippen LogP contribution in [0.15, 0.2) is 29.0 Å². The molecule has 0 radical (unpaired) electrons. The highest BCUT2D eigenvalue weighted by Gasteiger charge is 2.00. The molecule has 0 unspecified atom stereocenters. The Labute approximate surface area is 88.1 Å². The van der Waals surface area contributed by atoms with Gasteiger partial charge in [-0.3, -0.25) is 0 Å². The van der Waals surface area contributed by atoms with Crippen molar-refractivity contribution in [2.45, 2.75) is 0 Å². The number of hydrogen-bond donors (Lipinski definition) is 0. The summed E-state index contributed by atoms with van der Waals surface area (Å²) >= 11 is 3.23. The Balaban J connectivity index is 2.39. The molecule has 5 nitrogen and oxygen atoms in total. The van der Waals surface area contributed by atoms with E-state index in [-0.39, 0.29) is 0 Å². The predicted octanol–water partition coefficient (Wildman–Crippen LogP) is 1.30. The van der Waals surface area contributed by atoms with E-state index >= 15 is 0 Å². The number of hydrogen-bond acceptors (Lipinski definition) is 4. The number of aromatic nitrogens is 4. The molecule has 0 fully saturated rings. The molecule has 0 aliphatic rings.